The first-order valence-corrected chi connectivity index (χ1v) is 8.63. The lowest BCUT2D eigenvalue weighted by Crippen LogP contribution is -2.36. The molecule has 4 rings (SSSR count). The maximum absolute atomic E-state index is 6.00. The lowest BCUT2D eigenvalue weighted by atomic mass is 10.1. The molecular weight excluding hydrogens is 320 g/mol. The molecule has 0 N–H and O–H groups in total. The van der Waals surface area contributed by atoms with E-state index in [0.29, 0.717) is 0 Å². The van der Waals surface area contributed by atoms with Crippen LogP contribution in [-0.2, 0) is 19.5 Å². The third kappa shape index (κ3) is 2.80. The van der Waals surface area contributed by atoms with E-state index in [4.69, 9.17) is 16.3 Å². The topological polar surface area (TPSA) is 18.0 Å². The van der Waals surface area contributed by atoms with E-state index in [1.807, 2.05) is 24.3 Å². The molecule has 2 heterocycles. The summed E-state index contributed by atoms with van der Waals surface area (Å²) in [7, 11) is 1.70. The summed E-state index contributed by atoms with van der Waals surface area (Å²) in [4.78, 5) is 0. The van der Waals surface area contributed by atoms with Gasteiger partial charge in [0.25, 0.3) is 5.82 Å². The second kappa shape index (κ2) is 6.33. The molecule has 24 heavy (non-hydrogen) atoms. The second-order valence-electron chi connectivity index (χ2n) is 6.17. The van der Waals surface area contributed by atoms with E-state index in [9.17, 15) is 0 Å². The Morgan fingerprint density at radius 1 is 1.08 bits per heavy atom. The number of fused-ring (bicyclic) bond motifs is 1. The minimum absolute atomic E-state index is 0.782. The second-order valence-corrected chi connectivity index (χ2v) is 6.61. The molecule has 0 aliphatic carbocycles. The zero-order valence-electron chi connectivity index (χ0n) is 13.7. The fourth-order valence-electron chi connectivity index (χ4n) is 3.42. The third-order valence-corrected chi connectivity index (χ3v) is 4.90. The SMILES string of the molecule is COc1ccc(-c2c[n+](Cc3ccc(Cl)cc3)c3n2CCC3)cc1. The lowest BCUT2D eigenvalue weighted by Gasteiger charge is -2.01. The summed E-state index contributed by atoms with van der Waals surface area (Å²) in [5.41, 5.74) is 3.78. The molecule has 3 nitrogen and oxygen atoms in total. The van der Waals surface area contributed by atoms with Gasteiger partial charge in [0.1, 0.15) is 18.5 Å². The monoisotopic (exact) mass is 339 g/mol. The molecule has 1 aliphatic rings. The van der Waals surface area contributed by atoms with Crippen molar-refractivity contribution in [2.45, 2.75) is 25.9 Å². The molecule has 0 radical (unpaired) electrons. The van der Waals surface area contributed by atoms with Gasteiger partial charge in [-0.2, -0.15) is 0 Å². The molecule has 0 saturated heterocycles. The molecule has 0 spiro atoms. The number of hydrogen-bond acceptors (Lipinski definition) is 1. The number of halogens is 1. The molecule has 0 atom stereocenters. The first kappa shape index (κ1) is 15.3. The normalized spacial score (nSPS) is 13.1. The fourth-order valence-corrected chi connectivity index (χ4v) is 3.55. The highest BCUT2D eigenvalue weighted by Gasteiger charge is 2.28. The Hall–Kier alpha value is -2.26. The van der Waals surface area contributed by atoms with E-state index < -0.39 is 0 Å². The zero-order chi connectivity index (χ0) is 16.5. The van der Waals surface area contributed by atoms with E-state index in [1.165, 1.54) is 29.1 Å². The van der Waals surface area contributed by atoms with Gasteiger partial charge in [-0.3, -0.25) is 0 Å². The Morgan fingerprint density at radius 2 is 1.83 bits per heavy atom. The van der Waals surface area contributed by atoms with Crippen LogP contribution >= 0.6 is 11.6 Å². The molecule has 3 aromatic rings. The van der Waals surface area contributed by atoms with Gasteiger partial charge in [-0.15, -0.1) is 0 Å². The molecule has 122 valence electrons. The van der Waals surface area contributed by atoms with Crippen molar-refractivity contribution in [1.82, 2.24) is 4.57 Å². The summed E-state index contributed by atoms with van der Waals surface area (Å²) >= 11 is 6.00. The summed E-state index contributed by atoms with van der Waals surface area (Å²) in [6, 6.07) is 16.4. The summed E-state index contributed by atoms with van der Waals surface area (Å²) in [5.74, 6) is 2.29. The number of benzene rings is 2. The molecule has 0 fully saturated rings. The van der Waals surface area contributed by atoms with Crippen LogP contribution in [0.4, 0.5) is 0 Å². The zero-order valence-corrected chi connectivity index (χ0v) is 14.5. The van der Waals surface area contributed by atoms with Gasteiger partial charge in [0, 0.05) is 10.6 Å². The van der Waals surface area contributed by atoms with Crippen molar-refractivity contribution in [3.8, 4) is 17.0 Å². The Morgan fingerprint density at radius 3 is 2.54 bits per heavy atom. The van der Waals surface area contributed by atoms with Gasteiger partial charge in [-0.05, 0) is 48.4 Å². The van der Waals surface area contributed by atoms with E-state index in [0.717, 1.165) is 30.3 Å². The average molecular weight is 340 g/mol. The minimum Gasteiger partial charge on any atom is -0.497 e. The highest BCUT2D eigenvalue weighted by molar-refractivity contribution is 6.30. The van der Waals surface area contributed by atoms with E-state index in [-0.39, 0.29) is 0 Å². The van der Waals surface area contributed by atoms with Crippen molar-refractivity contribution in [2.24, 2.45) is 0 Å². The van der Waals surface area contributed by atoms with Crippen LogP contribution in [0.3, 0.4) is 0 Å². The summed E-state index contributed by atoms with van der Waals surface area (Å²) < 4.78 is 10.1. The van der Waals surface area contributed by atoms with Crippen LogP contribution in [0.1, 0.15) is 17.8 Å². The Kier molecular flexibility index (Phi) is 4.03. The van der Waals surface area contributed by atoms with Crippen LogP contribution in [0.2, 0.25) is 5.02 Å². The van der Waals surface area contributed by atoms with Gasteiger partial charge in [-0.1, -0.05) is 23.7 Å². The quantitative estimate of drug-likeness (QED) is 0.654. The molecule has 4 heteroatoms. The lowest BCUT2D eigenvalue weighted by molar-refractivity contribution is -0.694. The maximum atomic E-state index is 6.00. The first-order valence-electron chi connectivity index (χ1n) is 8.25. The fraction of sp³-hybridized carbons (Fsp3) is 0.250. The highest BCUT2D eigenvalue weighted by Crippen LogP contribution is 2.26. The molecule has 0 saturated carbocycles. The molecule has 0 amide bonds. The number of methoxy groups -OCH3 is 1. The summed E-state index contributed by atoms with van der Waals surface area (Å²) in [6.07, 6.45) is 4.61. The number of hydrogen-bond donors (Lipinski definition) is 0. The molecular formula is C20H20ClN2O+. The van der Waals surface area contributed by atoms with Gasteiger partial charge in [0.15, 0.2) is 5.69 Å². The molecule has 1 aromatic heterocycles. The Balaban J connectivity index is 1.70. The van der Waals surface area contributed by atoms with Gasteiger partial charge >= 0.3 is 0 Å². The van der Waals surface area contributed by atoms with Gasteiger partial charge in [0.2, 0.25) is 0 Å². The van der Waals surface area contributed by atoms with Crippen LogP contribution in [0, 0.1) is 0 Å². The van der Waals surface area contributed by atoms with E-state index >= 15 is 0 Å². The molecule has 0 unspecified atom stereocenters. The van der Waals surface area contributed by atoms with Crippen LogP contribution in [0.15, 0.2) is 54.7 Å². The van der Waals surface area contributed by atoms with Gasteiger partial charge < -0.3 is 4.74 Å². The van der Waals surface area contributed by atoms with Gasteiger partial charge in [-0.25, -0.2) is 9.13 Å². The van der Waals surface area contributed by atoms with Crippen molar-refractivity contribution in [2.75, 3.05) is 7.11 Å². The van der Waals surface area contributed by atoms with Crippen molar-refractivity contribution < 1.29 is 9.30 Å². The summed E-state index contributed by atoms with van der Waals surface area (Å²) in [5, 5.41) is 0.782. The van der Waals surface area contributed by atoms with Crippen LogP contribution in [-0.4, -0.2) is 11.7 Å². The molecule has 0 bridgehead atoms. The highest BCUT2D eigenvalue weighted by atomic mass is 35.5. The Bertz CT molecular complexity index is 851. The largest absolute Gasteiger partial charge is 0.497 e. The minimum atomic E-state index is 0.782. The van der Waals surface area contributed by atoms with Crippen LogP contribution in [0.5, 0.6) is 5.75 Å². The predicted molar refractivity (Wildman–Crippen MR) is 95.5 cm³/mol. The standard InChI is InChI=1S/C20H20ClN2O/c1-24-18-10-6-16(7-11-18)19-14-22(20-3-2-12-23(19)20)13-15-4-8-17(21)9-5-15/h4-11,14H,2-3,12-13H2,1H3/q+1. The van der Waals surface area contributed by atoms with Gasteiger partial charge in [0.05, 0.1) is 20.1 Å². The third-order valence-electron chi connectivity index (χ3n) is 4.65. The van der Waals surface area contributed by atoms with E-state index in [1.54, 1.807) is 7.11 Å². The number of imidazole rings is 1. The number of nitrogens with zero attached hydrogens (tertiary/aromatic N) is 2. The van der Waals surface area contributed by atoms with Crippen LogP contribution in [0.25, 0.3) is 11.3 Å². The summed E-state index contributed by atoms with van der Waals surface area (Å²) in [6.45, 7) is 1.97. The molecule has 2 aromatic carbocycles. The van der Waals surface area contributed by atoms with Crippen molar-refractivity contribution in [1.29, 1.82) is 0 Å². The smallest absolute Gasteiger partial charge is 0.257 e. The number of rotatable bonds is 4. The van der Waals surface area contributed by atoms with Crippen molar-refractivity contribution >= 4 is 11.6 Å². The maximum Gasteiger partial charge on any atom is 0.257 e. The van der Waals surface area contributed by atoms with Crippen LogP contribution < -0.4 is 9.30 Å². The average Bonchev–Trinajstić information content (AvgIpc) is 3.21. The predicted octanol–water partition coefficient (Wildman–Crippen LogP) is 4.10. The Labute approximate surface area is 147 Å². The van der Waals surface area contributed by atoms with Crippen molar-refractivity contribution in [3.05, 3.63) is 71.1 Å². The van der Waals surface area contributed by atoms with E-state index in [2.05, 4.69) is 39.6 Å². The van der Waals surface area contributed by atoms with Crippen molar-refractivity contribution in [3.63, 3.8) is 0 Å². The number of aromatic nitrogens is 2. The molecule has 1 aliphatic heterocycles. The first-order chi connectivity index (χ1) is 11.7. The number of ether oxygens (including phenoxy) is 1.